The molecular weight excluding hydrogens is 352 g/mol. The molecule has 2 aromatic rings. The van der Waals surface area contributed by atoms with Crippen LogP contribution in [0.5, 0.6) is 0 Å². The van der Waals surface area contributed by atoms with Crippen molar-refractivity contribution in [3.05, 3.63) is 59.7 Å². The maximum Gasteiger partial charge on any atom is 0.251 e. The summed E-state index contributed by atoms with van der Waals surface area (Å²) in [5.74, 6) is -0.0545. The standard InChI is InChI=1S/C23H28N2O3/c1-17(26)21-5-2-3-6-22(21)18-7-9-19(10-8-18)23(28)24-13-4-14-25-15-11-20(27)12-16-25/h2-3,5-10,20,27H,4,11-16H2,1H3,(H,24,28). The van der Waals surface area contributed by atoms with Crippen LogP contribution in [-0.4, -0.2) is 54.0 Å². The Bertz CT molecular complexity index is 809. The predicted molar refractivity (Wildman–Crippen MR) is 111 cm³/mol. The summed E-state index contributed by atoms with van der Waals surface area (Å²) in [6.45, 7) is 4.99. The highest BCUT2D eigenvalue weighted by molar-refractivity contribution is 6.01. The minimum absolute atomic E-state index is 0.0284. The molecule has 1 fully saturated rings. The Labute approximate surface area is 166 Å². The zero-order valence-electron chi connectivity index (χ0n) is 16.4. The number of aliphatic hydroxyl groups is 1. The van der Waals surface area contributed by atoms with E-state index in [4.69, 9.17) is 0 Å². The van der Waals surface area contributed by atoms with Gasteiger partial charge in [-0.3, -0.25) is 9.59 Å². The lowest BCUT2D eigenvalue weighted by Crippen LogP contribution is -2.37. The Hall–Kier alpha value is -2.50. The van der Waals surface area contributed by atoms with Crippen molar-refractivity contribution in [3.8, 4) is 11.1 Å². The third-order valence-corrected chi connectivity index (χ3v) is 5.26. The monoisotopic (exact) mass is 380 g/mol. The molecule has 0 aliphatic carbocycles. The third-order valence-electron chi connectivity index (χ3n) is 5.26. The fourth-order valence-electron chi connectivity index (χ4n) is 3.59. The van der Waals surface area contributed by atoms with Gasteiger partial charge in [-0.2, -0.15) is 0 Å². The van der Waals surface area contributed by atoms with Gasteiger partial charge in [0.2, 0.25) is 0 Å². The number of rotatable bonds is 7. The van der Waals surface area contributed by atoms with Gasteiger partial charge >= 0.3 is 0 Å². The summed E-state index contributed by atoms with van der Waals surface area (Å²) >= 11 is 0. The van der Waals surface area contributed by atoms with Gasteiger partial charge in [0, 0.05) is 30.8 Å². The summed E-state index contributed by atoms with van der Waals surface area (Å²) in [5, 5.41) is 12.5. The number of nitrogens with one attached hydrogen (secondary N) is 1. The van der Waals surface area contributed by atoms with Crippen molar-refractivity contribution in [1.29, 1.82) is 0 Å². The molecule has 0 unspecified atom stereocenters. The molecule has 0 saturated carbocycles. The number of aliphatic hydroxyl groups excluding tert-OH is 1. The lowest BCUT2D eigenvalue weighted by molar-refractivity contribution is 0.0816. The quantitative estimate of drug-likeness (QED) is 0.572. The Kier molecular flexibility index (Phi) is 6.95. The van der Waals surface area contributed by atoms with Crippen LogP contribution >= 0.6 is 0 Å². The van der Waals surface area contributed by atoms with Crippen molar-refractivity contribution in [3.63, 3.8) is 0 Å². The third kappa shape index (κ3) is 5.27. The lowest BCUT2D eigenvalue weighted by atomic mass is 9.97. The predicted octanol–water partition coefficient (Wildman–Crippen LogP) is 3.13. The Balaban J connectivity index is 1.51. The number of hydrogen-bond donors (Lipinski definition) is 2. The first-order valence-corrected chi connectivity index (χ1v) is 9.93. The van der Waals surface area contributed by atoms with Crippen LogP contribution in [0.2, 0.25) is 0 Å². The smallest absolute Gasteiger partial charge is 0.251 e. The van der Waals surface area contributed by atoms with Crippen molar-refractivity contribution < 1.29 is 14.7 Å². The van der Waals surface area contributed by atoms with Crippen molar-refractivity contribution in [2.75, 3.05) is 26.2 Å². The Morgan fingerprint density at radius 1 is 1.07 bits per heavy atom. The number of likely N-dealkylation sites (tertiary alicyclic amines) is 1. The van der Waals surface area contributed by atoms with E-state index in [9.17, 15) is 14.7 Å². The normalized spacial score (nSPS) is 15.4. The van der Waals surface area contributed by atoms with Crippen LogP contribution in [0, 0.1) is 0 Å². The summed E-state index contributed by atoms with van der Waals surface area (Å²) < 4.78 is 0. The minimum Gasteiger partial charge on any atom is -0.393 e. The van der Waals surface area contributed by atoms with Crippen LogP contribution in [0.1, 0.15) is 46.9 Å². The molecule has 28 heavy (non-hydrogen) atoms. The van der Waals surface area contributed by atoms with Gasteiger partial charge in [0.15, 0.2) is 5.78 Å². The van der Waals surface area contributed by atoms with Crippen LogP contribution in [0.3, 0.4) is 0 Å². The van der Waals surface area contributed by atoms with Crippen LogP contribution in [0.15, 0.2) is 48.5 Å². The number of hydrogen-bond acceptors (Lipinski definition) is 4. The van der Waals surface area contributed by atoms with E-state index in [1.165, 1.54) is 0 Å². The maximum absolute atomic E-state index is 12.3. The van der Waals surface area contributed by atoms with Crippen LogP contribution in [0.4, 0.5) is 0 Å². The van der Waals surface area contributed by atoms with Gasteiger partial charge in [-0.1, -0.05) is 36.4 Å². The second kappa shape index (κ2) is 9.62. The molecule has 5 nitrogen and oxygen atoms in total. The maximum atomic E-state index is 12.3. The topological polar surface area (TPSA) is 69.6 Å². The van der Waals surface area contributed by atoms with E-state index >= 15 is 0 Å². The van der Waals surface area contributed by atoms with E-state index in [0.717, 1.165) is 50.0 Å². The van der Waals surface area contributed by atoms with Gasteiger partial charge in [0.05, 0.1) is 6.10 Å². The molecule has 5 heteroatoms. The summed E-state index contributed by atoms with van der Waals surface area (Å²) in [4.78, 5) is 26.5. The Morgan fingerprint density at radius 3 is 2.43 bits per heavy atom. The summed E-state index contributed by atoms with van der Waals surface area (Å²) in [6.07, 6.45) is 2.42. The van der Waals surface area contributed by atoms with Gasteiger partial charge in [0.1, 0.15) is 0 Å². The molecule has 3 rings (SSSR count). The largest absolute Gasteiger partial charge is 0.393 e. The molecule has 0 spiro atoms. The molecule has 1 saturated heterocycles. The molecule has 2 aromatic carbocycles. The van der Waals surface area contributed by atoms with E-state index in [2.05, 4.69) is 10.2 Å². The highest BCUT2D eigenvalue weighted by Gasteiger charge is 2.16. The second-order valence-electron chi connectivity index (χ2n) is 7.36. The fourth-order valence-corrected chi connectivity index (χ4v) is 3.59. The number of nitrogens with zero attached hydrogens (tertiary/aromatic N) is 1. The molecule has 0 aromatic heterocycles. The van der Waals surface area contributed by atoms with Gasteiger partial charge in [0.25, 0.3) is 5.91 Å². The van der Waals surface area contributed by atoms with Crippen molar-refractivity contribution in [2.45, 2.75) is 32.3 Å². The molecule has 2 N–H and O–H groups in total. The van der Waals surface area contributed by atoms with Gasteiger partial charge in [-0.25, -0.2) is 0 Å². The van der Waals surface area contributed by atoms with Crippen LogP contribution in [0.25, 0.3) is 11.1 Å². The highest BCUT2D eigenvalue weighted by atomic mass is 16.3. The number of ketones is 1. The first kappa shape index (κ1) is 20.2. The minimum atomic E-state index is -0.152. The fraction of sp³-hybridized carbons (Fsp3) is 0.391. The summed E-state index contributed by atoms with van der Waals surface area (Å²) in [7, 11) is 0. The molecule has 0 radical (unpaired) electrons. The average Bonchev–Trinajstić information content (AvgIpc) is 2.72. The van der Waals surface area contributed by atoms with E-state index in [1.54, 1.807) is 19.1 Å². The van der Waals surface area contributed by atoms with Gasteiger partial charge in [-0.15, -0.1) is 0 Å². The van der Waals surface area contributed by atoms with Crippen molar-refractivity contribution >= 4 is 11.7 Å². The molecule has 148 valence electrons. The summed E-state index contributed by atoms with van der Waals surface area (Å²) in [5.41, 5.74) is 3.11. The SMILES string of the molecule is CC(=O)c1ccccc1-c1ccc(C(=O)NCCCN2CCC(O)CC2)cc1. The number of Topliss-reactive ketones (excluding diaryl/α,β-unsaturated/α-hetero) is 1. The van der Waals surface area contributed by atoms with E-state index < -0.39 is 0 Å². The number of carbonyl (C=O) groups excluding carboxylic acids is 2. The molecule has 1 aliphatic rings. The number of piperidine rings is 1. The summed E-state index contributed by atoms with van der Waals surface area (Å²) in [6, 6.07) is 14.9. The van der Waals surface area contributed by atoms with E-state index in [1.807, 2.05) is 36.4 Å². The van der Waals surface area contributed by atoms with E-state index in [0.29, 0.717) is 17.7 Å². The first-order chi connectivity index (χ1) is 13.5. The zero-order chi connectivity index (χ0) is 19.9. The van der Waals surface area contributed by atoms with Crippen LogP contribution < -0.4 is 5.32 Å². The average molecular weight is 380 g/mol. The van der Waals surface area contributed by atoms with Crippen molar-refractivity contribution in [2.24, 2.45) is 0 Å². The first-order valence-electron chi connectivity index (χ1n) is 9.93. The lowest BCUT2D eigenvalue weighted by Gasteiger charge is -2.29. The molecule has 0 atom stereocenters. The molecule has 1 aliphatic heterocycles. The molecule has 1 heterocycles. The molecule has 0 bridgehead atoms. The number of carbonyl (C=O) groups is 2. The van der Waals surface area contributed by atoms with E-state index in [-0.39, 0.29) is 17.8 Å². The second-order valence-corrected chi connectivity index (χ2v) is 7.36. The number of amides is 1. The van der Waals surface area contributed by atoms with Gasteiger partial charge in [-0.05, 0) is 56.0 Å². The molecule has 1 amide bonds. The Morgan fingerprint density at radius 2 is 1.75 bits per heavy atom. The molecular formula is C23H28N2O3. The van der Waals surface area contributed by atoms with Crippen LogP contribution in [-0.2, 0) is 0 Å². The zero-order valence-corrected chi connectivity index (χ0v) is 16.4. The van der Waals surface area contributed by atoms with Crippen molar-refractivity contribution in [1.82, 2.24) is 10.2 Å². The van der Waals surface area contributed by atoms with Gasteiger partial charge < -0.3 is 15.3 Å². The number of benzene rings is 2. The highest BCUT2D eigenvalue weighted by Crippen LogP contribution is 2.24.